The number of carbonyl (C=O) groups excluding carboxylic acids is 2. The quantitative estimate of drug-likeness (QED) is 0.172. The summed E-state index contributed by atoms with van der Waals surface area (Å²) in [6.45, 7) is 14.3. The molecule has 1 amide bonds. The Morgan fingerprint density at radius 1 is 1.43 bits per heavy atom. The summed E-state index contributed by atoms with van der Waals surface area (Å²) in [6.07, 6.45) is 3.99. The highest BCUT2D eigenvalue weighted by atomic mass is 32.2. The van der Waals surface area contributed by atoms with Gasteiger partial charge in [-0.3, -0.25) is 9.69 Å². The van der Waals surface area contributed by atoms with E-state index in [0.29, 0.717) is 18.7 Å². The van der Waals surface area contributed by atoms with Gasteiger partial charge in [-0.25, -0.2) is 14.2 Å². The van der Waals surface area contributed by atoms with Gasteiger partial charge in [0.15, 0.2) is 12.7 Å². The van der Waals surface area contributed by atoms with Gasteiger partial charge in [-0.1, -0.05) is 37.4 Å². The number of amides is 1. The van der Waals surface area contributed by atoms with Crippen molar-refractivity contribution in [2.24, 2.45) is 11.8 Å². The highest BCUT2D eigenvalue weighted by Gasteiger charge is 2.61. The molecule has 0 aliphatic carbocycles. The second-order valence-corrected chi connectivity index (χ2v) is 17.4. The zero-order valence-corrected chi connectivity index (χ0v) is 25.0. The molecule has 0 bridgehead atoms. The van der Waals surface area contributed by atoms with Gasteiger partial charge >= 0.3 is 5.97 Å². The number of rotatable bonds is 10. The van der Waals surface area contributed by atoms with Crippen LogP contribution in [0.2, 0.25) is 19.6 Å². The number of carbonyl (C=O) groups is 2. The molecule has 0 spiro atoms. The Morgan fingerprint density at radius 2 is 2.16 bits per heavy atom. The number of alkyl halides is 1. The lowest BCUT2D eigenvalue weighted by atomic mass is 9.79. The van der Waals surface area contributed by atoms with E-state index in [1.807, 2.05) is 31.2 Å². The maximum Gasteiger partial charge on any atom is 0.356 e. The number of nitrogens with zero attached hydrogens (tertiary/aromatic N) is 3. The lowest BCUT2D eigenvalue weighted by Gasteiger charge is -2.48. The van der Waals surface area contributed by atoms with Crippen LogP contribution in [-0.4, -0.2) is 80.0 Å². The summed E-state index contributed by atoms with van der Waals surface area (Å²) in [5.41, 5.74) is 2.19. The topological polar surface area (TPSA) is 72.0 Å². The van der Waals surface area contributed by atoms with Crippen molar-refractivity contribution >= 4 is 48.9 Å². The van der Waals surface area contributed by atoms with Crippen LogP contribution in [-0.2, 0) is 18.8 Å². The van der Waals surface area contributed by atoms with Gasteiger partial charge in [0.1, 0.15) is 19.0 Å². The van der Waals surface area contributed by atoms with E-state index in [2.05, 4.69) is 32.3 Å². The van der Waals surface area contributed by atoms with E-state index in [1.165, 1.54) is 29.2 Å². The van der Waals surface area contributed by atoms with Gasteiger partial charge in [0.25, 0.3) is 0 Å². The fourth-order valence-corrected chi connectivity index (χ4v) is 8.66. The molecule has 1 aromatic rings. The molecule has 4 heterocycles. The molecule has 1 fully saturated rings. The average molecular weight is 566 g/mol. The van der Waals surface area contributed by atoms with Gasteiger partial charge in [0.2, 0.25) is 5.91 Å². The van der Waals surface area contributed by atoms with Crippen molar-refractivity contribution < 1.29 is 23.1 Å². The second-order valence-electron chi connectivity index (χ2n) is 10.8. The molecule has 1 saturated heterocycles. The van der Waals surface area contributed by atoms with E-state index in [4.69, 9.17) is 14.1 Å². The van der Waals surface area contributed by atoms with E-state index in [9.17, 15) is 14.0 Å². The largest absolute Gasteiger partial charge is 0.457 e. The Labute approximate surface area is 227 Å². The smallest absolute Gasteiger partial charge is 0.356 e. The van der Waals surface area contributed by atoms with Crippen LogP contribution in [0.15, 0.2) is 39.1 Å². The minimum atomic E-state index is -1.85. The third kappa shape index (κ3) is 5.66. The zero-order valence-electron chi connectivity index (χ0n) is 22.3. The van der Waals surface area contributed by atoms with Crippen molar-refractivity contribution in [2.75, 3.05) is 26.9 Å². The second kappa shape index (κ2) is 11.1. The van der Waals surface area contributed by atoms with E-state index in [1.54, 1.807) is 4.90 Å². The Morgan fingerprint density at radius 3 is 2.81 bits per heavy atom. The zero-order chi connectivity index (χ0) is 27.1. The van der Waals surface area contributed by atoms with Crippen LogP contribution in [0.1, 0.15) is 26.0 Å². The Bertz CT molecular complexity index is 1130. The molecule has 4 rings (SSSR count). The fraction of sp³-hybridized carbons (Fsp3) is 0.577. The summed E-state index contributed by atoms with van der Waals surface area (Å²) in [4.78, 5) is 35.7. The van der Waals surface area contributed by atoms with Crippen LogP contribution < -0.4 is 0 Å². The first-order valence-corrected chi connectivity index (χ1v) is 17.7. The van der Waals surface area contributed by atoms with E-state index in [0.717, 1.165) is 20.5 Å². The lowest BCUT2D eigenvalue weighted by Crippen LogP contribution is -2.64. The normalized spacial score (nSPS) is 27.1. The maximum absolute atomic E-state index is 13.4. The minimum Gasteiger partial charge on any atom is -0.457 e. The molecule has 3 aliphatic heterocycles. The maximum atomic E-state index is 13.4. The van der Waals surface area contributed by atoms with Gasteiger partial charge in [-0.2, -0.15) is 0 Å². The van der Waals surface area contributed by atoms with Crippen molar-refractivity contribution in [2.45, 2.75) is 62.4 Å². The van der Waals surface area contributed by atoms with Crippen molar-refractivity contribution in [3.8, 4) is 0 Å². The number of fused-ring (bicyclic) bond motifs is 1. The van der Waals surface area contributed by atoms with Gasteiger partial charge in [0.05, 0.1) is 23.8 Å². The minimum absolute atomic E-state index is 0.0691. The molecule has 0 unspecified atom stereocenters. The molecule has 0 saturated carbocycles. The Kier molecular flexibility index (Phi) is 8.49. The molecule has 3 aliphatic rings. The van der Waals surface area contributed by atoms with Crippen LogP contribution in [0, 0.1) is 11.8 Å². The Balaban J connectivity index is 1.60. The number of hydrogen-bond donors (Lipinski definition) is 0. The lowest BCUT2D eigenvalue weighted by molar-refractivity contribution is -0.163. The van der Waals surface area contributed by atoms with Crippen LogP contribution in [0.25, 0.3) is 5.57 Å². The summed E-state index contributed by atoms with van der Waals surface area (Å²) in [6, 6.07) is -0.303. The highest BCUT2D eigenvalue weighted by molar-refractivity contribution is 8.04. The third-order valence-corrected chi connectivity index (χ3v) is 10.4. The number of aromatic nitrogens is 1. The molecule has 202 valence electrons. The first-order valence-electron chi connectivity index (χ1n) is 12.6. The van der Waals surface area contributed by atoms with Crippen LogP contribution in [0.4, 0.5) is 4.39 Å². The van der Waals surface area contributed by atoms with Crippen molar-refractivity contribution in [3.63, 3.8) is 0 Å². The van der Waals surface area contributed by atoms with Gasteiger partial charge in [0, 0.05) is 28.8 Å². The molecule has 5 atom stereocenters. The van der Waals surface area contributed by atoms with Gasteiger partial charge in [-0.15, -0.1) is 11.3 Å². The predicted molar refractivity (Wildman–Crippen MR) is 148 cm³/mol. The van der Waals surface area contributed by atoms with Crippen LogP contribution in [0.3, 0.4) is 0 Å². The van der Waals surface area contributed by atoms with Crippen molar-refractivity contribution in [1.82, 2.24) is 14.8 Å². The molecule has 0 radical (unpaired) electrons. The molecular weight excluding hydrogens is 530 g/mol. The molecule has 1 aromatic heterocycles. The number of thiazole rings is 1. The molecule has 0 N–H and O–H groups in total. The molecule has 7 nitrogen and oxygen atoms in total. The summed E-state index contributed by atoms with van der Waals surface area (Å²) < 4.78 is 25.9. The van der Waals surface area contributed by atoms with Crippen LogP contribution >= 0.6 is 23.1 Å². The van der Waals surface area contributed by atoms with Gasteiger partial charge < -0.3 is 14.1 Å². The van der Waals surface area contributed by atoms with Crippen molar-refractivity contribution in [3.05, 3.63) is 40.4 Å². The monoisotopic (exact) mass is 565 g/mol. The number of ether oxygens (including phenoxy) is 1. The summed E-state index contributed by atoms with van der Waals surface area (Å²) >= 11 is 2.91. The van der Waals surface area contributed by atoms with E-state index in [-0.39, 0.29) is 42.5 Å². The van der Waals surface area contributed by atoms with Gasteiger partial charge in [-0.05, 0) is 45.6 Å². The predicted octanol–water partition coefficient (Wildman–Crippen LogP) is 4.95. The third-order valence-electron chi connectivity index (χ3n) is 7.05. The number of thioether (sulfide) groups is 1. The molecular formula is C26H36FN3O4S2Si. The highest BCUT2D eigenvalue weighted by Crippen LogP contribution is 2.53. The molecule has 37 heavy (non-hydrogen) atoms. The molecule has 0 aromatic carbocycles. The van der Waals surface area contributed by atoms with Crippen LogP contribution in [0.5, 0.6) is 0 Å². The number of esters is 1. The van der Waals surface area contributed by atoms with Crippen molar-refractivity contribution in [1.29, 1.82) is 0 Å². The SMILES string of the molecule is C=CCOC(=O)C1=C(Sc2nc(C3=CCN(C)[C@H](CF)C3)cs2)[C@H](C)[C@@H]2[C@@H]([C@@H](C)O[Si](C)(C)C)C(=O)N12. The first-order chi connectivity index (χ1) is 17.5. The summed E-state index contributed by atoms with van der Waals surface area (Å²) in [5.74, 6) is -1.01. The number of halogens is 1. The molecule has 11 heteroatoms. The summed E-state index contributed by atoms with van der Waals surface area (Å²) in [7, 11) is 0.0714. The summed E-state index contributed by atoms with van der Waals surface area (Å²) in [5, 5.41) is 1.98. The number of hydrogen-bond acceptors (Lipinski definition) is 8. The Hall–Kier alpha value is -1.79. The first kappa shape index (κ1) is 28.2. The van der Waals surface area contributed by atoms with E-state index >= 15 is 0 Å². The number of likely N-dealkylation sites (N-methyl/N-ethyl adjacent to an activating group) is 1. The number of β-lactam (4-membered cyclic amide) rings is 1. The van der Waals surface area contributed by atoms with E-state index < -0.39 is 21.0 Å². The average Bonchev–Trinajstić information content (AvgIpc) is 3.38. The standard InChI is InChI=1S/C26H36FN3O4S2Si/c1-8-11-33-25(32)22-23(15(2)21-20(24(31)30(21)22)16(3)34-37(5,6)7)36-26-28-19(14-35-26)17-9-10-29(4)18(12-17)13-27/h8-9,14-16,18,20-21H,1,10-13H2,2-7H3/t15-,16-,18+,20-,21-/m1/s1. The fourth-order valence-electron chi connectivity index (χ4n) is 5.29.